The molecule has 2 aromatic rings. The maximum absolute atomic E-state index is 11.9. The van der Waals surface area contributed by atoms with Crippen molar-refractivity contribution in [2.24, 2.45) is 5.41 Å². The normalized spacial score (nSPS) is 11.7. The molecule has 2 aromatic heterocycles. The predicted octanol–water partition coefficient (Wildman–Crippen LogP) is 2.53. The van der Waals surface area contributed by atoms with Crippen molar-refractivity contribution in [1.82, 2.24) is 25.1 Å². The molecule has 0 aliphatic carbocycles. The molecule has 2 N–H and O–H groups in total. The van der Waals surface area contributed by atoms with Crippen LogP contribution in [0, 0.1) is 5.41 Å². The first-order valence-corrected chi connectivity index (χ1v) is 9.39. The number of hydrogen-bond donors (Lipinski definition) is 2. The average molecular weight is 350 g/mol. The van der Waals surface area contributed by atoms with Crippen molar-refractivity contribution >= 4 is 34.5 Å². The van der Waals surface area contributed by atoms with Crippen molar-refractivity contribution in [2.75, 3.05) is 24.7 Å². The summed E-state index contributed by atoms with van der Waals surface area (Å²) in [5.41, 5.74) is 0.399. The standard InChI is InChI=1S/C16H26N6OS/c1-6-7-17-12-11-10-19-22(13(11)21-15(20-12)24-5)9-8-18-14(23)16(2,3)4/h10H,6-9H2,1-5H3,(H,18,23)(H,17,20,21). The van der Waals surface area contributed by atoms with Gasteiger partial charge >= 0.3 is 0 Å². The van der Waals surface area contributed by atoms with E-state index >= 15 is 0 Å². The highest BCUT2D eigenvalue weighted by Crippen LogP contribution is 2.23. The van der Waals surface area contributed by atoms with Gasteiger partial charge in [0.2, 0.25) is 5.91 Å². The minimum absolute atomic E-state index is 0.0312. The van der Waals surface area contributed by atoms with Gasteiger partial charge < -0.3 is 10.6 Å². The molecule has 2 heterocycles. The minimum Gasteiger partial charge on any atom is -0.369 e. The average Bonchev–Trinajstić information content (AvgIpc) is 2.94. The van der Waals surface area contributed by atoms with Gasteiger partial charge in [-0.1, -0.05) is 39.5 Å². The smallest absolute Gasteiger partial charge is 0.225 e. The first-order valence-electron chi connectivity index (χ1n) is 8.16. The van der Waals surface area contributed by atoms with E-state index in [-0.39, 0.29) is 5.91 Å². The molecule has 0 bridgehead atoms. The van der Waals surface area contributed by atoms with E-state index in [4.69, 9.17) is 0 Å². The molecule has 0 aromatic carbocycles. The number of nitrogens with one attached hydrogen (secondary N) is 2. The van der Waals surface area contributed by atoms with Crippen LogP contribution in [0.3, 0.4) is 0 Å². The first kappa shape index (κ1) is 18.5. The van der Waals surface area contributed by atoms with E-state index in [1.807, 2.05) is 31.7 Å². The van der Waals surface area contributed by atoms with E-state index in [9.17, 15) is 4.79 Å². The topological polar surface area (TPSA) is 84.7 Å². The molecule has 0 radical (unpaired) electrons. The fraction of sp³-hybridized carbons (Fsp3) is 0.625. The Labute approximate surface area is 147 Å². The van der Waals surface area contributed by atoms with Crippen molar-refractivity contribution in [2.45, 2.75) is 45.8 Å². The number of fused-ring (bicyclic) bond motifs is 1. The van der Waals surface area contributed by atoms with Crippen LogP contribution in [0.15, 0.2) is 11.4 Å². The fourth-order valence-corrected chi connectivity index (χ4v) is 2.47. The number of rotatable bonds is 7. The molecular formula is C16H26N6OS. The molecule has 24 heavy (non-hydrogen) atoms. The Kier molecular flexibility index (Phi) is 6.04. The van der Waals surface area contributed by atoms with Gasteiger partial charge in [0.15, 0.2) is 10.8 Å². The van der Waals surface area contributed by atoms with Crippen LogP contribution in [-0.4, -0.2) is 45.0 Å². The molecule has 0 saturated carbocycles. The monoisotopic (exact) mass is 350 g/mol. The van der Waals surface area contributed by atoms with Gasteiger partial charge in [0.25, 0.3) is 0 Å². The molecule has 7 nitrogen and oxygen atoms in total. The van der Waals surface area contributed by atoms with Gasteiger partial charge in [-0.2, -0.15) is 5.10 Å². The van der Waals surface area contributed by atoms with E-state index in [1.54, 1.807) is 6.20 Å². The summed E-state index contributed by atoms with van der Waals surface area (Å²) in [7, 11) is 0. The second kappa shape index (κ2) is 7.83. The highest BCUT2D eigenvalue weighted by atomic mass is 32.2. The molecule has 0 saturated heterocycles. The Morgan fingerprint density at radius 3 is 2.67 bits per heavy atom. The van der Waals surface area contributed by atoms with Crippen LogP contribution >= 0.6 is 11.8 Å². The maximum Gasteiger partial charge on any atom is 0.225 e. The molecule has 1 amide bonds. The molecule has 0 aliphatic heterocycles. The lowest BCUT2D eigenvalue weighted by atomic mass is 9.96. The van der Waals surface area contributed by atoms with Crippen LogP contribution in [0.5, 0.6) is 0 Å². The summed E-state index contributed by atoms with van der Waals surface area (Å²) in [6.45, 7) is 9.75. The first-order chi connectivity index (χ1) is 11.4. The van der Waals surface area contributed by atoms with Crippen molar-refractivity contribution in [1.29, 1.82) is 0 Å². The zero-order valence-corrected chi connectivity index (χ0v) is 15.8. The number of anilines is 1. The third-order valence-electron chi connectivity index (χ3n) is 3.49. The number of carbonyl (C=O) groups excluding carboxylic acids is 1. The van der Waals surface area contributed by atoms with Crippen molar-refractivity contribution < 1.29 is 4.79 Å². The molecule has 132 valence electrons. The summed E-state index contributed by atoms with van der Waals surface area (Å²) in [5, 5.41) is 12.3. The second-order valence-electron chi connectivity index (χ2n) is 6.60. The number of hydrogen-bond acceptors (Lipinski definition) is 6. The summed E-state index contributed by atoms with van der Waals surface area (Å²) in [4.78, 5) is 21.0. The van der Waals surface area contributed by atoms with E-state index in [1.165, 1.54) is 11.8 Å². The quantitative estimate of drug-likeness (QED) is 0.590. The molecule has 0 aliphatic rings. The molecule has 0 spiro atoms. The molecule has 0 atom stereocenters. The lowest BCUT2D eigenvalue weighted by Crippen LogP contribution is -2.36. The van der Waals surface area contributed by atoms with Gasteiger partial charge in [-0.05, 0) is 12.7 Å². The fourth-order valence-electron chi connectivity index (χ4n) is 2.11. The van der Waals surface area contributed by atoms with Gasteiger partial charge in [-0.15, -0.1) is 0 Å². The molecule has 8 heteroatoms. The Balaban J connectivity index is 2.18. The van der Waals surface area contributed by atoms with Gasteiger partial charge in [-0.3, -0.25) is 4.79 Å². The zero-order chi connectivity index (χ0) is 17.7. The van der Waals surface area contributed by atoms with E-state index in [0.29, 0.717) is 18.2 Å². The van der Waals surface area contributed by atoms with E-state index < -0.39 is 5.41 Å². The second-order valence-corrected chi connectivity index (χ2v) is 7.37. The van der Waals surface area contributed by atoms with Crippen molar-refractivity contribution in [3.8, 4) is 0 Å². The summed E-state index contributed by atoms with van der Waals surface area (Å²) in [6.07, 6.45) is 4.76. The van der Waals surface area contributed by atoms with E-state index in [2.05, 4.69) is 32.6 Å². The highest BCUT2D eigenvalue weighted by molar-refractivity contribution is 7.98. The Morgan fingerprint density at radius 1 is 1.29 bits per heavy atom. The zero-order valence-electron chi connectivity index (χ0n) is 15.0. The van der Waals surface area contributed by atoms with Crippen LogP contribution in [0.1, 0.15) is 34.1 Å². The lowest BCUT2D eigenvalue weighted by Gasteiger charge is -2.17. The molecule has 0 fully saturated rings. The van der Waals surface area contributed by atoms with E-state index in [0.717, 1.165) is 29.8 Å². The Hall–Kier alpha value is -1.83. The Bertz CT molecular complexity index is 706. The summed E-state index contributed by atoms with van der Waals surface area (Å²) in [6, 6.07) is 0. The van der Waals surface area contributed by atoms with Crippen LogP contribution < -0.4 is 10.6 Å². The minimum atomic E-state index is -0.391. The number of aromatic nitrogens is 4. The van der Waals surface area contributed by atoms with Gasteiger partial charge in [0.1, 0.15) is 5.82 Å². The van der Waals surface area contributed by atoms with Crippen LogP contribution in [-0.2, 0) is 11.3 Å². The summed E-state index contributed by atoms with van der Waals surface area (Å²) < 4.78 is 1.82. The predicted molar refractivity (Wildman–Crippen MR) is 98.3 cm³/mol. The summed E-state index contributed by atoms with van der Waals surface area (Å²) in [5.74, 6) is 0.847. The largest absolute Gasteiger partial charge is 0.369 e. The van der Waals surface area contributed by atoms with Crippen molar-refractivity contribution in [3.05, 3.63) is 6.20 Å². The van der Waals surface area contributed by atoms with Gasteiger partial charge in [0.05, 0.1) is 18.1 Å². The van der Waals surface area contributed by atoms with Gasteiger partial charge in [-0.25, -0.2) is 14.6 Å². The highest BCUT2D eigenvalue weighted by Gasteiger charge is 2.20. The summed E-state index contributed by atoms with van der Waals surface area (Å²) >= 11 is 1.50. The molecular weight excluding hydrogens is 324 g/mol. The Morgan fingerprint density at radius 2 is 2.04 bits per heavy atom. The lowest BCUT2D eigenvalue weighted by molar-refractivity contribution is -0.128. The number of nitrogens with zero attached hydrogens (tertiary/aromatic N) is 4. The molecule has 2 rings (SSSR count). The third kappa shape index (κ3) is 4.37. The maximum atomic E-state index is 11.9. The van der Waals surface area contributed by atoms with Crippen LogP contribution in [0.4, 0.5) is 5.82 Å². The third-order valence-corrected chi connectivity index (χ3v) is 4.04. The number of carbonyl (C=O) groups is 1. The number of amides is 1. The van der Waals surface area contributed by atoms with Crippen LogP contribution in [0.25, 0.3) is 11.0 Å². The number of thioether (sulfide) groups is 1. The van der Waals surface area contributed by atoms with Crippen molar-refractivity contribution in [3.63, 3.8) is 0 Å². The van der Waals surface area contributed by atoms with Gasteiger partial charge in [0, 0.05) is 18.5 Å². The molecule has 0 unspecified atom stereocenters. The van der Waals surface area contributed by atoms with Crippen LogP contribution in [0.2, 0.25) is 0 Å². The SMILES string of the molecule is CCCNc1nc(SC)nc2c1cnn2CCNC(=O)C(C)(C)C.